The summed E-state index contributed by atoms with van der Waals surface area (Å²) in [4.78, 5) is 16.2. The van der Waals surface area contributed by atoms with Gasteiger partial charge in [-0.05, 0) is 12.1 Å². The molecule has 0 aromatic carbocycles. The third-order valence-corrected chi connectivity index (χ3v) is 1.66. The van der Waals surface area contributed by atoms with E-state index < -0.39 is 5.91 Å². The Bertz CT molecular complexity index is 365. The molecular formula is C9H10N4O. The first-order valence-corrected chi connectivity index (χ1v) is 3.99. The van der Waals surface area contributed by atoms with Crippen molar-refractivity contribution in [3.05, 3.63) is 23.9 Å². The number of nitriles is 1. The van der Waals surface area contributed by atoms with Gasteiger partial charge in [0, 0.05) is 13.2 Å². The molecule has 0 saturated heterocycles. The molecule has 1 aromatic rings. The Kier molecular flexibility index (Phi) is 3.02. The highest BCUT2D eigenvalue weighted by Gasteiger charge is 2.04. The highest BCUT2D eigenvalue weighted by atomic mass is 16.1. The third-order valence-electron chi connectivity index (χ3n) is 1.66. The second-order valence-electron chi connectivity index (χ2n) is 2.84. The molecule has 0 aliphatic rings. The van der Waals surface area contributed by atoms with Gasteiger partial charge in [0.15, 0.2) is 0 Å². The zero-order valence-electron chi connectivity index (χ0n) is 7.77. The van der Waals surface area contributed by atoms with Gasteiger partial charge in [0.05, 0.1) is 12.1 Å². The molecule has 0 bridgehead atoms. The van der Waals surface area contributed by atoms with Crippen molar-refractivity contribution in [3.63, 3.8) is 0 Å². The van der Waals surface area contributed by atoms with Gasteiger partial charge in [-0.3, -0.25) is 4.79 Å². The third kappa shape index (κ3) is 2.45. The summed E-state index contributed by atoms with van der Waals surface area (Å²) in [7, 11) is 1.71. The predicted octanol–water partition coefficient (Wildman–Crippen LogP) is -0.125. The van der Waals surface area contributed by atoms with Crippen molar-refractivity contribution in [1.82, 2.24) is 4.98 Å². The van der Waals surface area contributed by atoms with Gasteiger partial charge in [-0.2, -0.15) is 5.26 Å². The molecule has 0 saturated carbocycles. The largest absolute Gasteiger partial charge is 0.368 e. The summed E-state index contributed by atoms with van der Waals surface area (Å²) in [5.41, 5.74) is 5.51. The number of carbonyl (C=O) groups excluding carboxylic acids is 1. The summed E-state index contributed by atoms with van der Waals surface area (Å²) in [6, 6.07) is 5.27. The van der Waals surface area contributed by atoms with Crippen molar-refractivity contribution in [2.75, 3.05) is 18.5 Å². The van der Waals surface area contributed by atoms with Crippen LogP contribution < -0.4 is 10.6 Å². The Morgan fingerprint density at radius 3 is 2.86 bits per heavy atom. The number of nitrogens with two attached hydrogens (primary N) is 1. The maximum Gasteiger partial charge on any atom is 0.236 e. The van der Waals surface area contributed by atoms with Crippen LogP contribution in [0.4, 0.5) is 5.82 Å². The molecule has 2 N–H and O–H groups in total. The Morgan fingerprint density at radius 1 is 1.71 bits per heavy atom. The van der Waals surface area contributed by atoms with Gasteiger partial charge in [0.25, 0.3) is 0 Å². The summed E-state index contributed by atoms with van der Waals surface area (Å²) in [5, 5.41) is 8.53. The van der Waals surface area contributed by atoms with Gasteiger partial charge in [-0.15, -0.1) is 0 Å². The van der Waals surface area contributed by atoms with Gasteiger partial charge < -0.3 is 10.6 Å². The van der Waals surface area contributed by atoms with Crippen molar-refractivity contribution in [3.8, 4) is 6.07 Å². The first kappa shape index (κ1) is 9.99. The number of nitrogens with zero attached hydrogens (tertiary/aromatic N) is 3. The predicted molar refractivity (Wildman–Crippen MR) is 51.4 cm³/mol. The lowest BCUT2D eigenvalue weighted by Gasteiger charge is -2.15. The molecule has 0 atom stereocenters. The van der Waals surface area contributed by atoms with E-state index in [1.54, 1.807) is 24.1 Å². The minimum atomic E-state index is -0.418. The minimum Gasteiger partial charge on any atom is -0.368 e. The van der Waals surface area contributed by atoms with Crippen LogP contribution in [0.5, 0.6) is 0 Å². The molecule has 5 nitrogen and oxygen atoms in total. The Morgan fingerprint density at radius 2 is 2.43 bits per heavy atom. The normalized spacial score (nSPS) is 9.14. The number of primary amides is 1. The van der Waals surface area contributed by atoms with E-state index in [-0.39, 0.29) is 6.54 Å². The fraction of sp³-hybridized carbons (Fsp3) is 0.222. The molecule has 0 aliphatic heterocycles. The van der Waals surface area contributed by atoms with E-state index in [1.165, 1.54) is 6.20 Å². The van der Waals surface area contributed by atoms with Crippen molar-refractivity contribution >= 4 is 11.7 Å². The number of likely N-dealkylation sites (N-methyl/N-ethyl adjacent to an activating group) is 1. The van der Waals surface area contributed by atoms with Crippen LogP contribution in [0.3, 0.4) is 0 Å². The maximum absolute atomic E-state index is 10.6. The molecule has 0 unspecified atom stereocenters. The van der Waals surface area contributed by atoms with E-state index >= 15 is 0 Å². The average Bonchev–Trinajstić information content (AvgIpc) is 2.17. The summed E-state index contributed by atoms with van der Waals surface area (Å²) in [5.74, 6) is 0.196. The topological polar surface area (TPSA) is 83.0 Å². The van der Waals surface area contributed by atoms with Crippen LogP contribution >= 0.6 is 0 Å². The number of carbonyl (C=O) groups is 1. The first-order chi connectivity index (χ1) is 6.63. The quantitative estimate of drug-likeness (QED) is 0.720. The molecule has 72 valence electrons. The number of anilines is 1. The standard InChI is InChI=1S/C9H10N4O/c1-13(6-8(11)14)9-3-2-7(4-10)5-12-9/h2-3,5H,6H2,1H3,(H2,11,14). The SMILES string of the molecule is CN(CC(N)=O)c1ccc(C#N)cn1. The molecule has 0 radical (unpaired) electrons. The van der Waals surface area contributed by atoms with Crippen molar-refractivity contribution in [2.45, 2.75) is 0 Å². The van der Waals surface area contributed by atoms with Crippen molar-refractivity contribution in [1.29, 1.82) is 5.26 Å². The van der Waals surface area contributed by atoms with Crippen LogP contribution in [0.15, 0.2) is 18.3 Å². The number of rotatable bonds is 3. The number of pyridine rings is 1. The fourth-order valence-corrected chi connectivity index (χ4v) is 0.993. The minimum absolute atomic E-state index is 0.110. The maximum atomic E-state index is 10.6. The van der Waals surface area contributed by atoms with Gasteiger partial charge >= 0.3 is 0 Å². The first-order valence-electron chi connectivity index (χ1n) is 3.99. The lowest BCUT2D eigenvalue weighted by molar-refractivity contribution is -0.116. The summed E-state index contributed by atoms with van der Waals surface area (Å²) in [6.45, 7) is 0.110. The zero-order chi connectivity index (χ0) is 10.6. The molecule has 1 amide bonds. The highest BCUT2D eigenvalue weighted by Crippen LogP contribution is 2.07. The molecule has 1 rings (SSSR count). The molecule has 5 heteroatoms. The Labute approximate surface area is 81.8 Å². The molecule has 1 heterocycles. The van der Waals surface area contributed by atoms with Gasteiger partial charge in [0.1, 0.15) is 11.9 Å². The van der Waals surface area contributed by atoms with E-state index in [2.05, 4.69) is 4.98 Å². The van der Waals surface area contributed by atoms with E-state index in [4.69, 9.17) is 11.0 Å². The molecule has 0 fully saturated rings. The monoisotopic (exact) mass is 190 g/mol. The molecule has 0 spiro atoms. The Hall–Kier alpha value is -2.09. The van der Waals surface area contributed by atoms with E-state index in [1.807, 2.05) is 6.07 Å². The highest BCUT2D eigenvalue weighted by molar-refractivity contribution is 5.78. The van der Waals surface area contributed by atoms with Crippen LogP contribution in [-0.2, 0) is 4.79 Å². The summed E-state index contributed by atoms with van der Waals surface area (Å²) in [6.07, 6.45) is 1.45. The Balaban J connectivity index is 2.77. The van der Waals surface area contributed by atoms with Crippen molar-refractivity contribution in [2.24, 2.45) is 5.73 Å². The fourth-order valence-electron chi connectivity index (χ4n) is 0.993. The second-order valence-corrected chi connectivity index (χ2v) is 2.84. The van der Waals surface area contributed by atoms with E-state index in [0.29, 0.717) is 11.4 Å². The van der Waals surface area contributed by atoms with Gasteiger partial charge in [0.2, 0.25) is 5.91 Å². The van der Waals surface area contributed by atoms with Crippen LogP contribution in [0, 0.1) is 11.3 Å². The molecular weight excluding hydrogens is 180 g/mol. The average molecular weight is 190 g/mol. The lowest BCUT2D eigenvalue weighted by Crippen LogP contribution is -2.30. The van der Waals surface area contributed by atoms with Crippen LogP contribution in [0.2, 0.25) is 0 Å². The van der Waals surface area contributed by atoms with Gasteiger partial charge in [-0.1, -0.05) is 0 Å². The smallest absolute Gasteiger partial charge is 0.236 e. The van der Waals surface area contributed by atoms with Crippen molar-refractivity contribution < 1.29 is 4.79 Å². The summed E-state index contributed by atoms with van der Waals surface area (Å²) >= 11 is 0. The molecule has 0 aliphatic carbocycles. The van der Waals surface area contributed by atoms with E-state index in [9.17, 15) is 4.79 Å². The van der Waals surface area contributed by atoms with Crippen LogP contribution in [0.1, 0.15) is 5.56 Å². The summed E-state index contributed by atoms with van der Waals surface area (Å²) < 4.78 is 0. The van der Waals surface area contributed by atoms with Crippen LogP contribution in [-0.4, -0.2) is 24.5 Å². The van der Waals surface area contributed by atoms with E-state index in [0.717, 1.165) is 0 Å². The second kappa shape index (κ2) is 4.23. The number of hydrogen-bond donors (Lipinski definition) is 1. The van der Waals surface area contributed by atoms with Crippen LogP contribution in [0.25, 0.3) is 0 Å². The molecule has 14 heavy (non-hydrogen) atoms. The van der Waals surface area contributed by atoms with Gasteiger partial charge in [-0.25, -0.2) is 4.98 Å². The zero-order valence-corrected chi connectivity index (χ0v) is 7.77. The lowest BCUT2D eigenvalue weighted by atomic mass is 10.3. The number of hydrogen-bond acceptors (Lipinski definition) is 4. The molecule has 1 aromatic heterocycles. The number of amides is 1. The number of aromatic nitrogens is 1.